The smallest absolute Gasteiger partial charge is 0.0682 e. The Kier molecular flexibility index (Phi) is 4.25. The summed E-state index contributed by atoms with van der Waals surface area (Å²) < 4.78 is 2.12. The van der Waals surface area contributed by atoms with Crippen molar-refractivity contribution < 1.29 is 0 Å². The second-order valence-electron chi connectivity index (χ2n) is 6.55. The van der Waals surface area contributed by atoms with Gasteiger partial charge in [0.2, 0.25) is 0 Å². The quantitative estimate of drug-likeness (QED) is 0.862. The first-order valence-electron chi connectivity index (χ1n) is 7.09. The van der Waals surface area contributed by atoms with E-state index in [4.69, 9.17) is 0 Å². The van der Waals surface area contributed by atoms with Gasteiger partial charge < -0.3 is 5.32 Å². The molecule has 3 heteroatoms. The van der Waals surface area contributed by atoms with Gasteiger partial charge in [-0.15, -0.1) is 0 Å². The summed E-state index contributed by atoms with van der Waals surface area (Å²) in [6.07, 6.45) is 1.95. The molecule has 0 amide bonds. The third kappa shape index (κ3) is 3.80. The van der Waals surface area contributed by atoms with Gasteiger partial charge in [0.15, 0.2) is 0 Å². The minimum atomic E-state index is 0.198. The molecule has 1 aromatic carbocycles. The summed E-state index contributed by atoms with van der Waals surface area (Å²) in [5.41, 5.74) is 1.42. The first kappa shape index (κ1) is 14.1. The van der Waals surface area contributed by atoms with Gasteiger partial charge in [-0.2, -0.15) is 5.10 Å². The molecule has 1 N–H and O–H groups in total. The Morgan fingerprint density at radius 1 is 1.26 bits per heavy atom. The Labute approximate surface area is 116 Å². The summed E-state index contributed by atoms with van der Waals surface area (Å²) in [4.78, 5) is 0. The van der Waals surface area contributed by atoms with Gasteiger partial charge in [-0.25, -0.2) is 0 Å². The van der Waals surface area contributed by atoms with Crippen LogP contribution in [0.25, 0.3) is 10.9 Å². The van der Waals surface area contributed by atoms with E-state index in [0.717, 1.165) is 19.6 Å². The predicted octanol–water partition coefficient (Wildman–Crippen LogP) is 3.31. The van der Waals surface area contributed by atoms with E-state index in [9.17, 15) is 0 Å². The van der Waals surface area contributed by atoms with Gasteiger partial charge in [-0.3, -0.25) is 4.68 Å². The van der Waals surface area contributed by atoms with Crippen LogP contribution in [0, 0.1) is 11.3 Å². The number of para-hydroxylation sites is 1. The molecular formula is C16H25N3. The van der Waals surface area contributed by atoms with Crippen molar-refractivity contribution in [1.82, 2.24) is 15.1 Å². The average Bonchev–Trinajstić information content (AvgIpc) is 2.71. The van der Waals surface area contributed by atoms with E-state index in [1.807, 2.05) is 6.20 Å². The molecule has 0 unspecified atom stereocenters. The van der Waals surface area contributed by atoms with Crippen molar-refractivity contribution in [1.29, 1.82) is 0 Å². The van der Waals surface area contributed by atoms with E-state index in [1.54, 1.807) is 0 Å². The van der Waals surface area contributed by atoms with Crippen LogP contribution in [0.3, 0.4) is 0 Å². The molecule has 2 rings (SSSR count). The number of nitrogens with zero attached hydrogens (tertiary/aromatic N) is 2. The summed E-state index contributed by atoms with van der Waals surface area (Å²) in [7, 11) is 0. The van der Waals surface area contributed by atoms with E-state index in [1.165, 1.54) is 10.9 Å². The lowest BCUT2D eigenvalue weighted by Gasteiger charge is -2.26. The van der Waals surface area contributed by atoms with Gasteiger partial charge in [-0.05, 0) is 23.9 Å². The van der Waals surface area contributed by atoms with Crippen LogP contribution in [0.5, 0.6) is 0 Å². The molecule has 1 heterocycles. The van der Waals surface area contributed by atoms with E-state index >= 15 is 0 Å². The summed E-state index contributed by atoms with van der Waals surface area (Å²) in [5.74, 6) is 0.696. The Morgan fingerprint density at radius 3 is 2.74 bits per heavy atom. The zero-order valence-electron chi connectivity index (χ0n) is 12.5. The molecule has 0 saturated heterocycles. The van der Waals surface area contributed by atoms with Crippen molar-refractivity contribution in [3.8, 4) is 0 Å². The molecule has 0 aliphatic carbocycles. The zero-order chi connectivity index (χ0) is 13.9. The molecule has 0 aliphatic heterocycles. The van der Waals surface area contributed by atoms with Gasteiger partial charge in [0.25, 0.3) is 0 Å². The number of nitrogens with one attached hydrogen (secondary N) is 1. The molecule has 104 valence electrons. The van der Waals surface area contributed by atoms with E-state index in [2.05, 4.69) is 67.1 Å². The van der Waals surface area contributed by atoms with Crippen LogP contribution in [0.1, 0.15) is 27.7 Å². The van der Waals surface area contributed by atoms with Gasteiger partial charge in [0.05, 0.1) is 11.7 Å². The Hall–Kier alpha value is -1.35. The van der Waals surface area contributed by atoms with Gasteiger partial charge in [-0.1, -0.05) is 45.9 Å². The highest BCUT2D eigenvalue weighted by molar-refractivity contribution is 5.78. The summed E-state index contributed by atoms with van der Waals surface area (Å²) in [5, 5.41) is 9.27. The maximum absolute atomic E-state index is 4.51. The fraction of sp³-hybridized carbons (Fsp3) is 0.562. The molecule has 2 aromatic rings. The molecule has 0 atom stereocenters. The molecular weight excluding hydrogens is 234 g/mol. The van der Waals surface area contributed by atoms with E-state index in [-0.39, 0.29) is 5.41 Å². The van der Waals surface area contributed by atoms with Crippen molar-refractivity contribution in [3.63, 3.8) is 0 Å². The van der Waals surface area contributed by atoms with Crippen LogP contribution in [0.15, 0.2) is 30.5 Å². The van der Waals surface area contributed by atoms with Crippen molar-refractivity contribution in [3.05, 3.63) is 30.5 Å². The largest absolute Gasteiger partial charge is 0.316 e. The first-order valence-corrected chi connectivity index (χ1v) is 7.09. The van der Waals surface area contributed by atoms with E-state index < -0.39 is 0 Å². The Morgan fingerprint density at radius 2 is 2.00 bits per heavy atom. The number of aromatic nitrogens is 2. The van der Waals surface area contributed by atoms with Crippen LogP contribution in [-0.2, 0) is 6.54 Å². The highest BCUT2D eigenvalue weighted by Gasteiger charge is 2.19. The topological polar surface area (TPSA) is 29.9 Å². The highest BCUT2D eigenvalue weighted by atomic mass is 15.3. The zero-order valence-corrected chi connectivity index (χ0v) is 12.5. The van der Waals surface area contributed by atoms with Crippen molar-refractivity contribution in [2.24, 2.45) is 11.3 Å². The molecule has 0 bridgehead atoms. The molecule has 0 fully saturated rings. The molecule has 0 radical (unpaired) electrons. The summed E-state index contributed by atoms with van der Waals surface area (Å²) in [6, 6.07) is 8.39. The highest BCUT2D eigenvalue weighted by Crippen LogP contribution is 2.20. The normalized spacial score (nSPS) is 12.5. The molecule has 0 aliphatic rings. The van der Waals surface area contributed by atoms with Crippen LogP contribution in [0.4, 0.5) is 0 Å². The lowest BCUT2D eigenvalue weighted by molar-refractivity contribution is 0.276. The lowest BCUT2D eigenvalue weighted by atomic mass is 9.93. The second-order valence-corrected chi connectivity index (χ2v) is 6.55. The van der Waals surface area contributed by atoms with Crippen LogP contribution in [-0.4, -0.2) is 22.9 Å². The number of rotatable bonds is 6. The fourth-order valence-electron chi connectivity index (χ4n) is 2.31. The number of hydrogen-bond acceptors (Lipinski definition) is 2. The molecule has 3 nitrogen and oxygen atoms in total. The maximum Gasteiger partial charge on any atom is 0.0682 e. The molecule has 0 spiro atoms. The monoisotopic (exact) mass is 259 g/mol. The minimum Gasteiger partial charge on any atom is -0.316 e. The summed E-state index contributed by atoms with van der Waals surface area (Å²) >= 11 is 0. The molecule has 0 saturated carbocycles. The third-order valence-electron chi connectivity index (χ3n) is 3.28. The SMILES string of the molecule is CC(C)CNCC(C)(C)Cn1ncc2ccccc21. The van der Waals surface area contributed by atoms with Gasteiger partial charge in [0, 0.05) is 18.5 Å². The van der Waals surface area contributed by atoms with Crippen LogP contribution in [0.2, 0.25) is 0 Å². The molecule has 1 aromatic heterocycles. The fourth-order valence-corrected chi connectivity index (χ4v) is 2.31. The maximum atomic E-state index is 4.51. The number of fused-ring (bicyclic) bond motifs is 1. The van der Waals surface area contributed by atoms with Crippen molar-refractivity contribution >= 4 is 10.9 Å². The summed E-state index contributed by atoms with van der Waals surface area (Å²) in [6.45, 7) is 12.1. The van der Waals surface area contributed by atoms with E-state index in [0.29, 0.717) is 5.92 Å². The lowest BCUT2D eigenvalue weighted by Crippen LogP contribution is -2.35. The van der Waals surface area contributed by atoms with Gasteiger partial charge in [0.1, 0.15) is 0 Å². The van der Waals surface area contributed by atoms with Crippen LogP contribution < -0.4 is 5.32 Å². The van der Waals surface area contributed by atoms with Crippen LogP contribution >= 0.6 is 0 Å². The standard InChI is InChI=1S/C16H25N3/c1-13(2)9-17-11-16(3,4)12-19-15-8-6-5-7-14(15)10-18-19/h5-8,10,13,17H,9,11-12H2,1-4H3. The Bertz CT molecular complexity index is 526. The molecule has 19 heavy (non-hydrogen) atoms. The Balaban J connectivity index is 2.03. The first-order chi connectivity index (χ1) is 8.98. The average molecular weight is 259 g/mol. The van der Waals surface area contributed by atoms with Crippen molar-refractivity contribution in [2.45, 2.75) is 34.2 Å². The van der Waals surface area contributed by atoms with Gasteiger partial charge >= 0.3 is 0 Å². The number of benzene rings is 1. The third-order valence-corrected chi connectivity index (χ3v) is 3.28. The predicted molar refractivity (Wildman–Crippen MR) is 81.2 cm³/mol. The number of hydrogen-bond donors (Lipinski definition) is 1. The van der Waals surface area contributed by atoms with Crippen molar-refractivity contribution in [2.75, 3.05) is 13.1 Å². The second kappa shape index (κ2) is 5.74. The minimum absolute atomic E-state index is 0.198.